The molecule has 0 aliphatic rings. The van der Waals surface area contributed by atoms with Gasteiger partial charge in [-0.2, -0.15) is 4.37 Å². The van der Waals surface area contributed by atoms with Gasteiger partial charge in [-0.3, -0.25) is 0 Å². The minimum Gasteiger partial charge on any atom is -0.331 e. The quantitative estimate of drug-likeness (QED) is 0.492. The summed E-state index contributed by atoms with van der Waals surface area (Å²) in [6.45, 7) is 0.899. The third-order valence-corrected chi connectivity index (χ3v) is 5.68. The molecule has 4 aromatic rings. The number of para-hydroxylation sites is 1. The molecular formula is C16H13N3S3. The summed E-state index contributed by atoms with van der Waals surface area (Å²) in [7, 11) is 0. The van der Waals surface area contributed by atoms with Gasteiger partial charge in [0.1, 0.15) is 4.83 Å². The number of fused-ring (bicyclic) bond motifs is 3. The van der Waals surface area contributed by atoms with E-state index in [4.69, 9.17) is 12.2 Å². The largest absolute Gasteiger partial charge is 0.331 e. The van der Waals surface area contributed by atoms with Crippen LogP contribution in [0.1, 0.15) is 11.4 Å². The first-order valence-electron chi connectivity index (χ1n) is 7.04. The average Bonchev–Trinajstić information content (AvgIpc) is 3.23. The summed E-state index contributed by atoms with van der Waals surface area (Å²) >= 11 is 8.76. The van der Waals surface area contributed by atoms with E-state index in [1.165, 1.54) is 21.1 Å². The van der Waals surface area contributed by atoms with Gasteiger partial charge in [-0.1, -0.05) is 30.4 Å². The van der Waals surface area contributed by atoms with Gasteiger partial charge in [0.25, 0.3) is 0 Å². The van der Waals surface area contributed by atoms with Crippen LogP contribution in [0.5, 0.6) is 0 Å². The lowest BCUT2D eigenvalue weighted by molar-refractivity contribution is 0.784. The fraction of sp³-hybridized carbons (Fsp3) is 0.188. The van der Waals surface area contributed by atoms with E-state index in [0.29, 0.717) is 0 Å². The Morgan fingerprint density at radius 1 is 1.23 bits per heavy atom. The number of aromatic nitrogens is 3. The molecule has 0 radical (unpaired) electrons. The third kappa shape index (κ3) is 2.47. The number of aryl methyl sites for hydroxylation is 1. The highest BCUT2D eigenvalue weighted by atomic mass is 32.1. The molecular weight excluding hydrogens is 330 g/mol. The van der Waals surface area contributed by atoms with Crippen molar-refractivity contribution in [1.29, 1.82) is 0 Å². The third-order valence-electron chi connectivity index (χ3n) is 3.73. The molecule has 0 aliphatic heterocycles. The van der Waals surface area contributed by atoms with Crippen molar-refractivity contribution < 1.29 is 0 Å². The Balaban J connectivity index is 1.60. The highest BCUT2D eigenvalue weighted by Gasteiger charge is 2.12. The highest BCUT2D eigenvalue weighted by Crippen LogP contribution is 2.31. The number of thiocarbonyl (C=S) groups is 1. The first-order chi connectivity index (χ1) is 10.8. The maximum absolute atomic E-state index is 5.54. The lowest BCUT2D eigenvalue weighted by Gasteiger charge is -2.06. The summed E-state index contributed by atoms with van der Waals surface area (Å²) in [5.74, 6) is 0. The van der Waals surface area contributed by atoms with Crippen molar-refractivity contribution in [2.45, 2.75) is 19.4 Å². The monoisotopic (exact) mass is 343 g/mol. The zero-order valence-electron chi connectivity index (χ0n) is 11.7. The van der Waals surface area contributed by atoms with Gasteiger partial charge in [0, 0.05) is 45.7 Å². The van der Waals surface area contributed by atoms with Gasteiger partial charge < -0.3 is 4.57 Å². The van der Waals surface area contributed by atoms with Gasteiger partial charge >= 0.3 is 0 Å². The van der Waals surface area contributed by atoms with Crippen molar-refractivity contribution in [2.24, 2.45) is 0 Å². The molecule has 0 amide bonds. The van der Waals surface area contributed by atoms with Crippen LogP contribution in [0, 0.1) is 0 Å². The number of thiazole rings is 1. The van der Waals surface area contributed by atoms with Gasteiger partial charge in [0.05, 0.1) is 11.2 Å². The van der Waals surface area contributed by atoms with Crippen molar-refractivity contribution in [2.75, 3.05) is 0 Å². The molecule has 0 atom stereocenters. The summed E-state index contributed by atoms with van der Waals surface area (Å²) in [6, 6.07) is 8.50. The van der Waals surface area contributed by atoms with Crippen LogP contribution in [0.3, 0.4) is 0 Å². The van der Waals surface area contributed by atoms with Crippen LogP contribution in [0.15, 0.2) is 42.0 Å². The minimum atomic E-state index is 0.804. The highest BCUT2D eigenvalue weighted by molar-refractivity contribution is 7.80. The van der Waals surface area contributed by atoms with Gasteiger partial charge in [-0.05, 0) is 24.0 Å². The van der Waals surface area contributed by atoms with Crippen molar-refractivity contribution in [3.05, 3.63) is 47.0 Å². The van der Waals surface area contributed by atoms with Crippen molar-refractivity contribution in [3.8, 4) is 0 Å². The van der Waals surface area contributed by atoms with Gasteiger partial charge in [0.2, 0.25) is 0 Å². The molecule has 22 heavy (non-hydrogen) atoms. The number of rotatable bonds is 5. The first-order valence-corrected chi connectivity index (χ1v) is 9.11. The van der Waals surface area contributed by atoms with E-state index >= 15 is 0 Å². The first kappa shape index (κ1) is 14.0. The Bertz CT molecular complexity index is 934. The molecule has 0 saturated carbocycles. The van der Waals surface area contributed by atoms with E-state index in [9.17, 15) is 0 Å². The molecule has 3 heterocycles. The molecule has 110 valence electrons. The summed E-state index contributed by atoms with van der Waals surface area (Å²) in [5, 5.41) is 5.62. The molecule has 3 nitrogen and oxygen atoms in total. The maximum atomic E-state index is 5.54. The zero-order chi connectivity index (χ0) is 14.9. The normalized spacial score (nSPS) is 11.5. The molecule has 0 aliphatic carbocycles. The predicted octanol–water partition coefficient (Wildman–Crippen LogP) is 4.71. The second kappa shape index (κ2) is 5.87. The van der Waals surface area contributed by atoms with Gasteiger partial charge in [-0.25, -0.2) is 4.98 Å². The standard InChI is InChI=1S/C16H13N3S3/c20-11(9-15-17-6-8-21-15)5-7-19-14-4-2-1-3-12(14)13-10-18-22-16(13)19/h1-4,6,8,10H,5,7,9H2. The van der Waals surface area contributed by atoms with E-state index in [1.807, 2.05) is 17.8 Å². The zero-order valence-corrected chi connectivity index (χ0v) is 14.2. The van der Waals surface area contributed by atoms with E-state index in [1.54, 1.807) is 22.9 Å². The number of nitrogens with zero attached hydrogens (tertiary/aromatic N) is 3. The van der Waals surface area contributed by atoms with Crippen LogP contribution in [0.25, 0.3) is 21.1 Å². The maximum Gasteiger partial charge on any atom is 0.124 e. The van der Waals surface area contributed by atoms with Crippen LogP contribution in [-0.4, -0.2) is 18.8 Å². The van der Waals surface area contributed by atoms with Crippen molar-refractivity contribution in [1.82, 2.24) is 13.9 Å². The molecule has 0 bridgehead atoms. The molecule has 1 aromatic carbocycles. The molecule has 0 saturated heterocycles. The lowest BCUT2D eigenvalue weighted by Crippen LogP contribution is -2.06. The second-order valence-electron chi connectivity index (χ2n) is 5.10. The van der Waals surface area contributed by atoms with Crippen LogP contribution in [-0.2, 0) is 13.0 Å². The molecule has 0 unspecified atom stereocenters. The minimum absolute atomic E-state index is 0.804. The smallest absolute Gasteiger partial charge is 0.124 e. The Hall–Kier alpha value is -1.63. The molecule has 0 spiro atoms. The fourth-order valence-electron chi connectivity index (χ4n) is 2.71. The number of benzene rings is 1. The van der Waals surface area contributed by atoms with Crippen LogP contribution < -0.4 is 0 Å². The SMILES string of the molecule is S=C(CCn1c2ccccc2c2cnsc21)Cc1nccs1. The molecule has 6 heteroatoms. The fourth-order valence-corrected chi connectivity index (χ4v) is 4.50. The van der Waals surface area contributed by atoms with E-state index < -0.39 is 0 Å². The summed E-state index contributed by atoms with van der Waals surface area (Å²) < 4.78 is 6.68. The lowest BCUT2D eigenvalue weighted by atomic mass is 10.2. The Labute approximate surface area is 141 Å². The average molecular weight is 344 g/mol. The number of hydrogen-bond acceptors (Lipinski definition) is 5. The summed E-state index contributed by atoms with van der Waals surface area (Å²) in [6.07, 6.45) is 5.49. The van der Waals surface area contributed by atoms with E-state index in [-0.39, 0.29) is 0 Å². The topological polar surface area (TPSA) is 30.7 Å². The number of hydrogen-bond donors (Lipinski definition) is 0. The van der Waals surface area contributed by atoms with Crippen LogP contribution >= 0.6 is 35.1 Å². The van der Waals surface area contributed by atoms with Crippen molar-refractivity contribution in [3.63, 3.8) is 0 Å². The second-order valence-corrected chi connectivity index (χ2v) is 7.44. The molecule has 3 aromatic heterocycles. The molecule has 0 fully saturated rings. The molecule has 0 N–H and O–H groups in total. The Morgan fingerprint density at radius 2 is 2.14 bits per heavy atom. The predicted molar refractivity (Wildman–Crippen MR) is 98.1 cm³/mol. The summed E-state index contributed by atoms with van der Waals surface area (Å²) in [5.41, 5.74) is 1.27. The van der Waals surface area contributed by atoms with Crippen LogP contribution in [0.4, 0.5) is 0 Å². The van der Waals surface area contributed by atoms with Gasteiger partial charge in [-0.15, -0.1) is 11.3 Å². The molecule has 4 rings (SSSR count). The Kier molecular flexibility index (Phi) is 3.73. The van der Waals surface area contributed by atoms with E-state index in [0.717, 1.165) is 29.3 Å². The van der Waals surface area contributed by atoms with Crippen molar-refractivity contribution >= 4 is 61.1 Å². The summed E-state index contributed by atoms with van der Waals surface area (Å²) in [4.78, 5) is 6.60. The Morgan fingerprint density at radius 3 is 3.00 bits per heavy atom. The van der Waals surface area contributed by atoms with Gasteiger partial charge in [0.15, 0.2) is 0 Å². The van der Waals surface area contributed by atoms with E-state index in [2.05, 4.69) is 38.2 Å². The van der Waals surface area contributed by atoms with Crippen LogP contribution in [0.2, 0.25) is 0 Å².